The van der Waals surface area contributed by atoms with Gasteiger partial charge in [0.05, 0.1) is 24.2 Å². The Bertz CT molecular complexity index is 722. The van der Waals surface area contributed by atoms with Crippen LogP contribution >= 0.6 is 0 Å². The van der Waals surface area contributed by atoms with Gasteiger partial charge in [-0.1, -0.05) is 12.1 Å². The summed E-state index contributed by atoms with van der Waals surface area (Å²) in [6, 6.07) is 6.04. The molecule has 3 aliphatic heterocycles. The molecule has 3 heterocycles. The lowest BCUT2D eigenvalue weighted by molar-refractivity contribution is -0.135. The molecule has 1 unspecified atom stereocenters. The molecule has 1 spiro atoms. The lowest BCUT2D eigenvalue weighted by Crippen LogP contribution is -2.44. The first-order valence-corrected chi connectivity index (χ1v) is 9.72. The van der Waals surface area contributed by atoms with Crippen molar-refractivity contribution in [1.82, 2.24) is 14.7 Å². The third kappa shape index (κ3) is 3.58. The van der Waals surface area contributed by atoms with Crippen molar-refractivity contribution < 1.29 is 18.7 Å². The van der Waals surface area contributed by atoms with Gasteiger partial charge in [0.15, 0.2) is 0 Å². The van der Waals surface area contributed by atoms with E-state index in [9.17, 15) is 14.0 Å². The summed E-state index contributed by atoms with van der Waals surface area (Å²) in [4.78, 5) is 31.6. The van der Waals surface area contributed by atoms with E-state index < -0.39 is 11.2 Å². The maximum atomic E-state index is 13.9. The average molecular weight is 375 g/mol. The predicted octanol–water partition coefficient (Wildman–Crippen LogP) is 1.22. The van der Waals surface area contributed by atoms with Crippen LogP contribution in [0.3, 0.4) is 0 Å². The Morgan fingerprint density at radius 2 is 1.81 bits per heavy atom. The highest BCUT2D eigenvalue weighted by molar-refractivity contribution is 5.96. The molecule has 0 radical (unpaired) electrons. The molecule has 0 saturated carbocycles. The van der Waals surface area contributed by atoms with Crippen molar-refractivity contribution in [1.29, 1.82) is 0 Å². The van der Waals surface area contributed by atoms with Crippen molar-refractivity contribution in [2.75, 3.05) is 59.0 Å². The number of rotatable bonds is 4. The molecule has 0 N–H and O–H groups in total. The molecule has 0 aliphatic carbocycles. The van der Waals surface area contributed by atoms with Crippen LogP contribution in [0.5, 0.6) is 0 Å². The largest absolute Gasteiger partial charge is 0.379 e. The Hall–Kier alpha value is -1.99. The SMILES string of the molecule is O=C(c1ccccc1F)N1CCC2(CCN(CCN3CCOCC3)C2=O)C1. The number of nitrogens with zero attached hydrogens (tertiary/aromatic N) is 3. The first-order chi connectivity index (χ1) is 13.1. The van der Waals surface area contributed by atoms with Crippen LogP contribution in [0.15, 0.2) is 24.3 Å². The first-order valence-electron chi connectivity index (χ1n) is 9.72. The summed E-state index contributed by atoms with van der Waals surface area (Å²) in [5, 5.41) is 0. The van der Waals surface area contributed by atoms with E-state index in [4.69, 9.17) is 4.74 Å². The van der Waals surface area contributed by atoms with Crippen LogP contribution < -0.4 is 0 Å². The Morgan fingerprint density at radius 1 is 1.07 bits per heavy atom. The Kier molecular flexibility index (Phi) is 5.14. The van der Waals surface area contributed by atoms with E-state index >= 15 is 0 Å². The van der Waals surface area contributed by atoms with E-state index in [0.29, 0.717) is 19.5 Å². The smallest absolute Gasteiger partial charge is 0.256 e. The standard InChI is InChI=1S/C20H26FN3O3/c21-17-4-2-1-3-16(17)18(25)24-8-6-20(15-24)5-7-23(19(20)26)10-9-22-11-13-27-14-12-22/h1-4H,5-15H2. The highest BCUT2D eigenvalue weighted by atomic mass is 19.1. The second-order valence-corrected chi connectivity index (χ2v) is 7.73. The van der Waals surface area contributed by atoms with Gasteiger partial charge < -0.3 is 14.5 Å². The number of morpholine rings is 1. The van der Waals surface area contributed by atoms with Gasteiger partial charge in [0.1, 0.15) is 5.82 Å². The number of amides is 2. The molecule has 27 heavy (non-hydrogen) atoms. The fraction of sp³-hybridized carbons (Fsp3) is 0.600. The van der Waals surface area contributed by atoms with Gasteiger partial charge in [0.25, 0.3) is 5.91 Å². The van der Waals surface area contributed by atoms with E-state index in [0.717, 1.165) is 52.4 Å². The Balaban J connectivity index is 1.36. The van der Waals surface area contributed by atoms with Crippen LogP contribution in [0.25, 0.3) is 0 Å². The highest BCUT2D eigenvalue weighted by Crippen LogP contribution is 2.41. The minimum absolute atomic E-state index is 0.0872. The Labute approximate surface area is 158 Å². The van der Waals surface area contributed by atoms with Crippen LogP contribution in [0, 0.1) is 11.2 Å². The summed E-state index contributed by atoms with van der Waals surface area (Å²) in [6.07, 6.45) is 1.44. The molecular formula is C20H26FN3O3. The van der Waals surface area contributed by atoms with Gasteiger partial charge in [-0.15, -0.1) is 0 Å². The molecule has 1 aromatic rings. The van der Waals surface area contributed by atoms with Gasteiger partial charge in [-0.05, 0) is 25.0 Å². The molecule has 0 bridgehead atoms. The molecule has 4 rings (SSSR count). The van der Waals surface area contributed by atoms with Gasteiger partial charge in [0.2, 0.25) is 5.91 Å². The van der Waals surface area contributed by atoms with Crippen LogP contribution in [0.2, 0.25) is 0 Å². The number of halogens is 1. The molecule has 3 saturated heterocycles. The summed E-state index contributed by atoms with van der Waals surface area (Å²) in [5.41, 5.74) is -0.393. The van der Waals surface area contributed by atoms with E-state index in [1.54, 1.807) is 17.0 Å². The average Bonchev–Trinajstić information content (AvgIpc) is 3.26. The van der Waals surface area contributed by atoms with Crippen molar-refractivity contribution in [2.45, 2.75) is 12.8 Å². The number of carbonyl (C=O) groups excluding carboxylic acids is 2. The van der Waals surface area contributed by atoms with Gasteiger partial charge in [0, 0.05) is 45.8 Å². The highest BCUT2D eigenvalue weighted by Gasteiger charge is 2.51. The lowest BCUT2D eigenvalue weighted by atomic mass is 9.85. The van der Waals surface area contributed by atoms with E-state index in [-0.39, 0.29) is 17.4 Å². The van der Waals surface area contributed by atoms with Gasteiger partial charge in [-0.3, -0.25) is 14.5 Å². The topological polar surface area (TPSA) is 53.1 Å². The summed E-state index contributed by atoms with van der Waals surface area (Å²) >= 11 is 0. The molecule has 3 aliphatic rings. The van der Waals surface area contributed by atoms with E-state index in [2.05, 4.69) is 4.90 Å². The number of likely N-dealkylation sites (tertiary alicyclic amines) is 2. The van der Waals surface area contributed by atoms with Crippen LogP contribution in [0.1, 0.15) is 23.2 Å². The summed E-state index contributed by atoms with van der Waals surface area (Å²) in [5.74, 6) is -0.669. The molecule has 146 valence electrons. The normalized spacial score (nSPS) is 26.3. The fourth-order valence-corrected chi connectivity index (χ4v) is 4.42. The fourth-order valence-electron chi connectivity index (χ4n) is 4.42. The number of benzene rings is 1. The molecule has 2 amide bonds. The zero-order chi connectivity index (χ0) is 18.9. The number of hydrogen-bond acceptors (Lipinski definition) is 4. The quantitative estimate of drug-likeness (QED) is 0.794. The predicted molar refractivity (Wildman–Crippen MR) is 97.8 cm³/mol. The van der Waals surface area contributed by atoms with Crippen molar-refractivity contribution in [3.63, 3.8) is 0 Å². The van der Waals surface area contributed by atoms with Crippen LogP contribution in [-0.4, -0.2) is 85.5 Å². The van der Waals surface area contributed by atoms with Gasteiger partial charge in [-0.2, -0.15) is 0 Å². The second kappa shape index (κ2) is 7.56. The minimum Gasteiger partial charge on any atom is -0.379 e. The van der Waals surface area contributed by atoms with Gasteiger partial charge in [-0.25, -0.2) is 4.39 Å². The van der Waals surface area contributed by atoms with Crippen molar-refractivity contribution in [3.8, 4) is 0 Å². The Morgan fingerprint density at radius 3 is 2.59 bits per heavy atom. The molecule has 0 aromatic heterocycles. The number of ether oxygens (including phenoxy) is 1. The molecule has 3 fully saturated rings. The third-order valence-electron chi connectivity index (χ3n) is 6.14. The monoisotopic (exact) mass is 375 g/mol. The molecule has 1 aromatic carbocycles. The second-order valence-electron chi connectivity index (χ2n) is 7.73. The third-order valence-corrected chi connectivity index (χ3v) is 6.14. The number of hydrogen-bond donors (Lipinski definition) is 0. The zero-order valence-electron chi connectivity index (χ0n) is 15.5. The lowest BCUT2D eigenvalue weighted by Gasteiger charge is -2.29. The molecule has 1 atom stereocenters. The van der Waals surface area contributed by atoms with Crippen LogP contribution in [0.4, 0.5) is 4.39 Å². The summed E-state index contributed by atoms with van der Waals surface area (Å²) in [6.45, 7) is 6.57. The van der Waals surface area contributed by atoms with Crippen LogP contribution in [-0.2, 0) is 9.53 Å². The van der Waals surface area contributed by atoms with E-state index in [1.165, 1.54) is 12.1 Å². The first kappa shape index (κ1) is 18.4. The minimum atomic E-state index is -0.506. The summed E-state index contributed by atoms with van der Waals surface area (Å²) in [7, 11) is 0. The number of carbonyl (C=O) groups is 2. The maximum absolute atomic E-state index is 13.9. The van der Waals surface area contributed by atoms with Crippen molar-refractivity contribution in [2.24, 2.45) is 5.41 Å². The zero-order valence-corrected chi connectivity index (χ0v) is 15.5. The molecular weight excluding hydrogens is 349 g/mol. The maximum Gasteiger partial charge on any atom is 0.256 e. The van der Waals surface area contributed by atoms with Crippen molar-refractivity contribution in [3.05, 3.63) is 35.6 Å². The molecule has 7 heteroatoms. The molecule has 6 nitrogen and oxygen atoms in total. The summed E-state index contributed by atoms with van der Waals surface area (Å²) < 4.78 is 19.3. The van der Waals surface area contributed by atoms with E-state index in [1.807, 2.05) is 4.90 Å². The van der Waals surface area contributed by atoms with Gasteiger partial charge >= 0.3 is 0 Å². The van der Waals surface area contributed by atoms with Crippen molar-refractivity contribution >= 4 is 11.8 Å².